The maximum atomic E-state index is 14.9. The first-order valence-corrected chi connectivity index (χ1v) is 13.2. The lowest BCUT2D eigenvalue weighted by Gasteiger charge is -2.32. The Morgan fingerprint density at radius 2 is 1.85 bits per heavy atom. The molecule has 8 nitrogen and oxygen atoms in total. The number of nitrogens with zero attached hydrogens (tertiary/aromatic N) is 1. The minimum absolute atomic E-state index is 0.0682. The molecule has 0 spiro atoms. The summed E-state index contributed by atoms with van der Waals surface area (Å²) < 4.78 is 26.9. The average Bonchev–Trinajstić information content (AvgIpc) is 2.92. The van der Waals surface area contributed by atoms with Crippen LogP contribution in [0.3, 0.4) is 0 Å². The van der Waals surface area contributed by atoms with Crippen LogP contribution in [0.1, 0.15) is 21.5 Å². The second kappa shape index (κ2) is 12.2. The van der Waals surface area contributed by atoms with Crippen LogP contribution < -0.4 is 20.1 Å². The second-order valence-corrected chi connectivity index (χ2v) is 10.1. The normalized spacial score (nSPS) is 13.1. The molecule has 0 aliphatic carbocycles. The third-order valence-electron chi connectivity index (χ3n) is 6.30. The summed E-state index contributed by atoms with van der Waals surface area (Å²) >= 11 is 2.01. The molecule has 1 aliphatic rings. The molecule has 0 radical (unpaired) electrons. The molecule has 0 unspecified atom stereocenters. The van der Waals surface area contributed by atoms with E-state index in [2.05, 4.69) is 17.2 Å². The van der Waals surface area contributed by atoms with Gasteiger partial charge in [-0.15, -0.1) is 0 Å². The van der Waals surface area contributed by atoms with Crippen molar-refractivity contribution >= 4 is 40.2 Å². The molecular formula is C30H27FIN3O5. The number of benzene rings is 3. The fourth-order valence-electron chi connectivity index (χ4n) is 4.00. The van der Waals surface area contributed by atoms with Crippen molar-refractivity contribution in [2.24, 2.45) is 0 Å². The minimum atomic E-state index is -1.10. The fraction of sp³-hybridized carbons (Fsp3) is 0.133. The molecule has 10 heteroatoms. The van der Waals surface area contributed by atoms with Crippen molar-refractivity contribution in [1.82, 2.24) is 10.2 Å². The van der Waals surface area contributed by atoms with Crippen LogP contribution in [0.15, 0.2) is 96.2 Å². The van der Waals surface area contributed by atoms with Gasteiger partial charge in [0.15, 0.2) is 0 Å². The molecule has 206 valence electrons. The number of aromatic carboxylic acids is 1. The highest BCUT2D eigenvalue weighted by molar-refractivity contribution is 14.1. The van der Waals surface area contributed by atoms with Gasteiger partial charge in [0.2, 0.25) is 0 Å². The molecule has 1 heterocycles. The average molecular weight is 655 g/mol. The van der Waals surface area contributed by atoms with Gasteiger partial charge in [-0.25, -0.2) is 9.18 Å². The number of likely N-dealkylation sites (N-methyl/N-ethyl adjacent to an activating group) is 1. The molecule has 0 saturated carbocycles. The van der Waals surface area contributed by atoms with Crippen molar-refractivity contribution in [3.63, 3.8) is 0 Å². The van der Waals surface area contributed by atoms with E-state index in [0.717, 1.165) is 5.56 Å². The van der Waals surface area contributed by atoms with E-state index in [1.54, 1.807) is 68.5 Å². The molecule has 3 N–H and O–H groups in total. The Hall–Kier alpha value is -4.32. The number of rotatable bonds is 9. The fourth-order valence-corrected chi connectivity index (χ4v) is 4.46. The Bertz CT molecular complexity index is 1550. The second-order valence-electron chi connectivity index (χ2n) is 8.90. The molecule has 0 aromatic heterocycles. The van der Waals surface area contributed by atoms with Gasteiger partial charge in [0.25, 0.3) is 5.91 Å². The van der Waals surface area contributed by atoms with Crippen molar-refractivity contribution < 1.29 is 28.6 Å². The molecule has 0 atom stereocenters. The third kappa shape index (κ3) is 6.28. The van der Waals surface area contributed by atoms with Crippen molar-refractivity contribution in [2.45, 2.75) is 13.5 Å². The quantitative estimate of drug-likeness (QED) is 0.251. The number of halogens is 2. The monoisotopic (exact) mass is 655 g/mol. The number of carbonyl (C=O) groups excluding carboxylic acids is 1. The van der Waals surface area contributed by atoms with Gasteiger partial charge in [0, 0.05) is 34.5 Å². The Morgan fingerprint density at radius 1 is 1.12 bits per heavy atom. The predicted octanol–water partition coefficient (Wildman–Crippen LogP) is 5.81. The summed E-state index contributed by atoms with van der Waals surface area (Å²) in [6, 6.07) is 16.6. The largest absolute Gasteiger partial charge is 0.497 e. The summed E-state index contributed by atoms with van der Waals surface area (Å²) in [6.45, 7) is 5.87. The Morgan fingerprint density at radius 3 is 2.50 bits per heavy atom. The van der Waals surface area contributed by atoms with Gasteiger partial charge >= 0.3 is 5.97 Å². The standard InChI is InChI=1S/C30H27FIN3O5/c1-17-14-26(40-25-7-5-6-22(18(25)2)30(37)38)27(29(36)33-16-19-8-11-21(39-4)12-9-19)28(35(17)3)34-24-13-10-20(32)15-23(24)31/h5-15,34H,1,16H2,2-4H3,(H,33,36)(H,37,38). The predicted molar refractivity (Wildman–Crippen MR) is 158 cm³/mol. The lowest BCUT2D eigenvalue weighted by molar-refractivity contribution is -0.117. The number of allylic oxidation sites excluding steroid dienone is 1. The van der Waals surface area contributed by atoms with Gasteiger partial charge in [0.05, 0.1) is 18.4 Å². The lowest BCUT2D eigenvalue weighted by atomic mass is 10.1. The van der Waals surface area contributed by atoms with Crippen LogP contribution in [0.2, 0.25) is 0 Å². The highest BCUT2D eigenvalue weighted by Crippen LogP contribution is 2.33. The smallest absolute Gasteiger partial charge is 0.336 e. The van der Waals surface area contributed by atoms with Crippen molar-refractivity contribution in [1.29, 1.82) is 0 Å². The molecule has 0 saturated heterocycles. The summed E-state index contributed by atoms with van der Waals surface area (Å²) in [5, 5.41) is 15.5. The van der Waals surface area contributed by atoms with Gasteiger partial charge in [0.1, 0.15) is 34.5 Å². The topological polar surface area (TPSA) is 100 Å². The van der Waals surface area contributed by atoms with Crippen LogP contribution in [0, 0.1) is 16.3 Å². The molecule has 3 aromatic rings. The van der Waals surface area contributed by atoms with E-state index in [0.29, 0.717) is 20.6 Å². The van der Waals surface area contributed by atoms with Crippen LogP contribution in [0.4, 0.5) is 10.1 Å². The number of hydrogen-bond acceptors (Lipinski definition) is 6. The summed E-state index contributed by atoms with van der Waals surface area (Å²) in [7, 11) is 3.26. The maximum Gasteiger partial charge on any atom is 0.336 e. The Kier molecular flexibility index (Phi) is 8.78. The third-order valence-corrected chi connectivity index (χ3v) is 6.98. The van der Waals surface area contributed by atoms with Crippen LogP contribution in [-0.2, 0) is 11.3 Å². The minimum Gasteiger partial charge on any atom is -0.497 e. The lowest BCUT2D eigenvalue weighted by Crippen LogP contribution is -2.35. The number of hydrogen-bond donors (Lipinski definition) is 3. The first-order valence-electron chi connectivity index (χ1n) is 12.1. The van der Waals surface area contributed by atoms with Gasteiger partial charge in [-0.1, -0.05) is 24.8 Å². The number of carboxylic acid groups (broad SMARTS) is 1. The van der Waals surface area contributed by atoms with E-state index in [-0.39, 0.29) is 40.7 Å². The van der Waals surface area contributed by atoms with Crippen molar-refractivity contribution in [2.75, 3.05) is 19.5 Å². The van der Waals surface area contributed by atoms with Gasteiger partial charge in [-0.2, -0.15) is 0 Å². The number of ether oxygens (including phenoxy) is 2. The summed E-state index contributed by atoms with van der Waals surface area (Å²) in [5.41, 5.74) is 1.98. The van der Waals surface area contributed by atoms with E-state index in [4.69, 9.17) is 9.47 Å². The molecule has 1 amide bonds. The van der Waals surface area contributed by atoms with E-state index in [1.165, 1.54) is 12.1 Å². The molecule has 3 aromatic carbocycles. The highest BCUT2D eigenvalue weighted by Gasteiger charge is 2.30. The van der Waals surface area contributed by atoms with Crippen molar-refractivity contribution in [3.05, 3.63) is 122 Å². The zero-order valence-electron chi connectivity index (χ0n) is 22.0. The molecule has 0 bridgehead atoms. The summed E-state index contributed by atoms with van der Waals surface area (Å²) in [5.74, 6) is -0.802. The van der Waals surface area contributed by atoms with E-state index < -0.39 is 17.7 Å². The zero-order chi connectivity index (χ0) is 29.0. The number of nitrogens with one attached hydrogen (secondary N) is 2. The molecular weight excluding hydrogens is 628 g/mol. The van der Waals surface area contributed by atoms with E-state index >= 15 is 0 Å². The Balaban J connectivity index is 1.76. The van der Waals surface area contributed by atoms with Gasteiger partial charge < -0.3 is 30.1 Å². The van der Waals surface area contributed by atoms with E-state index in [1.807, 2.05) is 34.7 Å². The molecule has 0 fully saturated rings. The number of amides is 1. The summed E-state index contributed by atoms with van der Waals surface area (Å²) in [4.78, 5) is 27.1. The van der Waals surface area contributed by atoms with Crippen LogP contribution in [-0.4, -0.2) is 36.0 Å². The number of carboxylic acids is 1. The Labute approximate surface area is 244 Å². The van der Waals surface area contributed by atoms with Crippen LogP contribution >= 0.6 is 22.6 Å². The molecule has 4 rings (SSSR count). The SMILES string of the molecule is C=C1C=C(Oc2cccc(C(=O)O)c2C)C(C(=O)NCc2ccc(OC)cc2)=C(Nc2ccc(I)cc2F)N1C. The van der Waals surface area contributed by atoms with Gasteiger partial charge in [-0.05, 0) is 77.5 Å². The molecule has 1 aliphatic heterocycles. The first kappa shape index (κ1) is 28.7. The maximum absolute atomic E-state index is 14.9. The van der Waals surface area contributed by atoms with E-state index in [9.17, 15) is 19.1 Å². The van der Waals surface area contributed by atoms with Crippen LogP contribution in [0.25, 0.3) is 0 Å². The number of methoxy groups -OCH3 is 1. The van der Waals surface area contributed by atoms with Crippen LogP contribution in [0.5, 0.6) is 11.5 Å². The highest BCUT2D eigenvalue weighted by atomic mass is 127. The van der Waals surface area contributed by atoms with Gasteiger partial charge in [-0.3, -0.25) is 4.79 Å². The molecule has 40 heavy (non-hydrogen) atoms. The number of anilines is 1. The van der Waals surface area contributed by atoms with Crippen molar-refractivity contribution in [3.8, 4) is 11.5 Å². The number of carbonyl (C=O) groups is 2. The zero-order valence-corrected chi connectivity index (χ0v) is 24.2. The summed E-state index contributed by atoms with van der Waals surface area (Å²) in [6.07, 6.45) is 1.57. The first-order chi connectivity index (χ1) is 19.1.